The van der Waals surface area contributed by atoms with Crippen molar-refractivity contribution in [1.29, 1.82) is 0 Å². The van der Waals surface area contributed by atoms with Crippen molar-refractivity contribution in [1.82, 2.24) is 10.6 Å². The van der Waals surface area contributed by atoms with E-state index in [9.17, 15) is 57.5 Å². The van der Waals surface area contributed by atoms with Crippen LogP contribution in [-0.2, 0) is 124 Å². The molecule has 0 spiro atoms. The number of nitrogens with one attached hydrogen (secondary N) is 2. The van der Waals surface area contributed by atoms with Gasteiger partial charge >= 0.3 is 59.7 Å². The molecule has 28 nitrogen and oxygen atoms in total. The van der Waals surface area contributed by atoms with Gasteiger partial charge in [-0.15, -0.1) is 0 Å². The van der Waals surface area contributed by atoms with Gasteiger partial charge in [0.05, 0.1) is 39.1 Å². The molecule has 2 rings (SSSR count). The zero-order valence-corrected chi connectivity index (χ0v) is 42.6. The van der Waals surface area contributed by atoms with Gasteiger partial charge in [0.1, 0.15) is 50.8 Å². The average molecular weight is 1060 g/mol. The summed E-state index contributed by atoms with van der Waals surface area (Å²) in [6.45, 7) is 7.21. The quantitative estimate of drug-likeness (QED) is 0.0677. The molecule has 0 aliphatic carbocycles. The minimum atomic E-state index is -2.60. The van der Waals surface area contributed by atoms with Gasteiger partial charge in [-0.3, -0.25) is 47.9 Å². The minimum absolute atomic E-state index is 0.700. The number of hydrogen-bond donors (Lipinski definition) is 2. The number of hydrogen-bond acceptors (Lipinski definition) is 26. The van der Waals surface area contributed by atoms with Crippen LogP contribution in [0.25, 0.3) is 0 Å². The van der Waals surface area contributed by atoms with E-state index in [0.29, 0.717) is 0 Å². The summed E-state index contributed by atoms with van der Waals surface area (Å²) >= 11 is 0. The Balaban J connectivity index is 2.68. The third-order valence-corrected chi connectivity index (χ3v) is 9.98. The van der Waals surface area contributed by atoms with Crippen molar-refractivity contribution in [2.45, 2.75) is 155 Å². The Kier molecular flexibility index (Phi) is 24.9. The normalized spacial score (nSPS) is 24.4. The number of amides is 2. The number of esters is 10. The van der Waals surface area contributed by atoms with Gasteiger partial charge in [0.25, 0.3) is 11.6 Å². The molecule has 0 bridgehead atoms. The largest absolute Gasteiger partial charge is 0.465 e. The highest BCUT2D eigenvalue weighted by Crippen LogP contribution is 2.39. The fraction of sp³-hybridized carbons (Fsp3) is 0.652. The van der Waals surface area contributed by atoms with Gasteiger partial charge in [-0.05, 0) is 11.8 Å². The van der Waals surface area contributed by atoms with Crippen LogP contribution in [0, 0.1) is 23.7 Å². The molecule has 410 valence electrons. The number of rotatable bonds is 22. The molecule has 2 N–H and O–H groups in total. The fourth-order valence-electron chi connectivity index (χ4n) is 7.56. The lowest BCUT2D eigenvalue weighted by molar-refractivity contribution is -0.311. The monoisotopic (exact) mass is 1060 g/mol. The van der Waals surface area contributed by atoms with Crippen molar-refractivity contribution < 1.29 is 124 Å². The van der Waals surface area contributed by atoms with Crippen molar-refractivity contribution >= 4 is 71.5 Å². The summed E-state index contributed by atoms with van der Waals surface area (Å²) < 4.78 is 76.9. The van der Waals surface area contributed by atoms with E-state index >= 15 is 0 Å². The molecule has 0 saturated carbocycles. The van der Waals surface area contributed by atoms with E-state index in [4.69, 9.17) is 66.3 Å². The highest BCUT2D eigenvalue weighted by Gasteiger charge is 2.61. The van der Waals surface area contributed by atoms with E-state index in [2.05, 4.69) is 34.3 Å². The van der Waals surface area contributed by atoms with E-state index < -0.39 is 183 Å². The number of ether oxygens (including phenoxy) is 14. The van der Waals surface area contributed by atoms with Crippen LogP contribution >= 0.6 is 0 Å². The molecule has 12 atom stereocenters. The number of carbonyl (C=O) groups excluding carboxylic acids is 12. The van der Waals surface area contributed by atoms with Crippen LogP contribution in [0.5, 0.6) is 0 Å². The number of methoxy groups -OCH3 is 2. The Labute approximate surface area is 424 Å². The Morgan fingerprint density at radius 2 is 0.811 bits per heavy atom. The molecule has 0 radical (unpaired) electrons. The molecule has 2 aliphatic rings. The van der Waals surface area contributed by atoms with Crippen LogP contribution in [0.1, 0.15) is 82.1 Å². The van der Waals surface area contributed by atoms with Crippen molar-refractivity contribution in [3.8, 4) is 23.7 Å². The first-order valence-corrected chi connectivity index (χ1v) is 22.2. The van der Waals surface area contributed by atoms with E-state index in [-0.39, 0.29) is 0 Å². The van der Waals surface area contributed by atoms with Crippen LogP contribution < -0.4 is 10.6 Å². The highest BCUT2D eigenvalue weighted by atomic mass is 16.8. The zero-order chi connectivity index (χ0) is 56.1. The first kappa shape index (κ1) is 62.7. The molecule has 2 fully saturated rings. The summed E-state index contributed by atoms with van der Waals surface area (Å²) in [5.74, 6) is -6.85. The smallest absolute Gasteiger partial charge is 0.366 e. The van der Waals surface area contributed by atoms with Crippen molar-refractivity contribution in [3.05, 3.63) is 0 Å². The summed E-state index contributed by atoms with van der Waals surface area (Å²) in [4.78, 5) is 151. The molecule has 2 heterocycles. The van der Waals surface area contributed by atoms with Crippen LogP contribution in [0.4, 0.5) is 0 Å². The Bertz CT molecular complexity index is 2090. The molecule has 74 heavy (non-hydrogen) atoms. The summed E-state index contributed by atoms with van der Waals surface area (Å²) in [5.41, 5.74) is 0. The molecule has 2 amide bonds. The first-order valence-electron chi connectivity index (χ1n) is 22.2. The first-order chi connectivity index (χ1) is 34.6. The van der Waals surface area contributed by atoms with Gasteiger partial charge in [-0.1, -0.05) is 11.8 Å². The average Bonchev–Trinajstić information content (AvgIpc) is 3.28. The third kappa shape index (κ3) is 19.6. The van der Waals surface area contributed by atoms with E-state index in [1.165, 1.54) is 0 Å². The lowest BCUT2D eigenvalue weighted by Crippen LogP contribution is -2.69. The maximum atomic E-state index is 13.7. The third-order valence-electron chi connectivity index (χ3n) is 9.98. The predicted octanol–water partition coefficient (Wildman–Crippen LogP) is -1.93. The van der Waals surface area contributed by atoms with Gasteiger partial charge in [-0.25, -0.2) is 9.59 Å². The fourth-order valence-corrected chi connectivity index (χ4v) is 7.56. The summed E-state index contributed by atoms with van der Waals surface area (Å²) in [7, 11) is 1.89. The van der Waals surface area contributed by atoms with Crippen LogP contribution in [0.15, 0.2) is 0 Å². The predicted molar refractivity (Wildman–Crippen MR) is 238 cm³/mol. The standard InChI is InChI=1S/C46H60N2O26/c1-23(49)47-37-33(67-27(5)53)19-45(43(59)61-11,73-41(37)39(71-31(9)57)35(69-29(7)55)21-63-25(3)51)65-17-15-13-14-16-18-66-46(44(60)62-12)20-34(68-28(6)54)38(48-24(2)50)42(74-46)40(72-32(10)58)36(70-30(8)56)22-64-26(4)52/h33-42H,17-22H2,1-12H3,(H,47,49)(H,48,50)/t33-,34-,35+,36+,37+,38+,39+,40+,41+,42+,45+,46+/m0/s1. The van der Waals surface area contributed by atoms with E-state index in [1.54, 1.807) is 0 Å². The maximum Gasteiger partial charge on any atom is 0.366 e. The van der Waals surface area contributed by atoms with Crippen LogP contribution in [0.3, 0.4) is 0 Å². The second-order valence-electron chi connectivity index (χ2n) is 16.0. The van der Waals surface area contributed by atoms with Gasteiger partial charge in [0.2, 0.25) is 11.8 Å². The molecule has 0 unspecified atom stereocenters. The maximum absolute atomic E-state index is 13.7. The zero-order valence-electron chi connectivity index (χ0n) is 42.6. The minimum Gasteiger partial charge on any atom is -0.465 e. The molecule has 2 aliphatic heterocycles. The lowest BCUT2D eigenvalue weighted by Gasteiger charge is -2.48. The van der Waals surface area contributed by atoms with Crippen molar-refractivity contribution in [2.75, 3.05) is 40.6 Å². The molecule has 28 heteroatoms. The van der Waals surface area contributed by atoms with Gasteiger partial charge in [-0.2, -0.15) is 0 Å². The second-order valence-corrected chi connectivity index (χ2v) is 16.0. The van der Waals surface area contributed by atoms with Crippen LogP contribution in [0.2, 0.25) is 0 Å². The summed E-state index contributed by atoms with van der Waals surface area (Å²) in [6, 6.07) is -2.95. The van der Waals surface area contributed by atoms with Gasteiger partial charge in [0, 0.05) is 69.2 Å². The summed E-state index contributed by atoms with van der Waals surface area (Å²) in [6.07, 6.45) is -15.1. The molecule has 2 saturated heterocycles. The van der Waals surface area contributed by atoms with E-state index in [1.807, 2.05) is 0 Å². The van der Waals surface area contributed by atoms with E-state index in [0.717, 1.165) is 83.5 Å². The molecular weight excluding hydrogens is 996 g/mol. The Morgan fingerprint density at radius 1 is 0.486 bits per heavy atom. The van der Waals surface area contributed by atoms with Gasteiger partial charge < -0.3 is 76.9 Å². The molecule has 0 aromatic heterocycles. The van der Waals surface area contributed by atoms with Gasteiger partial charge in [0.15, 0.2) is 24.4 Å². The lowest BCUT2D eigenvalue weighted by atomic mass is 9.88. The number of carbonyl (C=O) groups is 12. The second kappa shape index (κ2) is 29.3. The highest BCUT2D eigenvalue weighted by molar-refractivity contribution is 5.80. The molecule has 0 aromatic rings. The van der Waals surface area contributed by atoms with Crippen molar-refractivity contribution in [2.24, 2.45) is 0 Å². The summed E-state index contributed by atoms with van der Waals surface area (Å²) in [5, 5.41) is 5.04. The molecule has 0 aromatic carbocycles. The van der Waals surface area contributed by atoms with Crippen LogP contribution in [-0.4, -0.2) is 185 Å². The molecular formula is C46H60N2O26. The SMILES string of the molecule is COC(=O)[C@@]1(OCC#CC#CCO[C@]2(C(=O)OC)C[C@H](OC(C)=O)[C@@H](NC(C)=O)[C@H]([C@H](OC(C)=O)[C@@H](COC(C)=O)OC(C)=O)O2)C[C@H](OC(C)=O)[C@@H](NC(C)=O)[C@H]([C@H](OC(C)=O)[C@@H](COC(C)=O)OC(C)=O)O1. The Morgan fingerprint density at radius 3 is 1.07 bits per heavy atom. The van der Waals surface area contributed by atoms with Crippen molar-refractivity contribution in [3.63, 3.8) is 0 Å². The Hall–Kier alpha value is -7.40. The topological polar surface area (TPSA) is 358 Å².